The van der Waals surface area contributed by atoms with Crippen LogP contribution in [-0.4, -0.2) is 102 Å². The minimum Gasteiger partial charge on any atom is -0.379 e. The second-order valence-corrected chi connectivity index (χ2v) is 19.7. The Bertz CT molecular complexity index is 3180. The summed E-state index contributed by atoms with van der Waals surface area (Å²) < 4.78 is 93.8. The maximum absolute atomic E-state index is 13.6. The lowest BCUT2D eigenvalue weighted by molar-refractivity contribution is -0.160. The van der Waals surface area contributed by atoms with Crippen LogP contribution in [0, 0.1) is 11.6 Å². The summed E-state index contributed by atoms with van der Waals surface area (Å²) in [5.41, 5.74) is 4.81. The van der Waals surface area contributed by atoms with Crippen LogP contribution in [0.1, 0.15) is 34.1 Å². The summed E-state index contributed by atoms with van der Waals surface area (Å²) >= 11 is 0.788. The van der Waals surface area contributed by atoms with Gasteiger partial charge in [-0.25, -0.2) is 55.5 Å². The molecule has 2 aliphatic heterocycles. The monoisotopic (exact) mass is 1020 g/mol. The normalized spacial score (nSPS) is 14.3. The van der Waals surface area contributed by atoms with Gasteiger partial charge in [0.2, 0.25) is 30.8 Å². The van der Waals surface area contributed by atoms with Gasteiger partial charge in [-0.05, 0) is 97.8 Å². The highest BCUT2D eigenvalue weighted by atomic mass is 32.2. The van der Waals surface area contributed by atoms with Gasteiger partial charge in [-0.1, -0.05) is 57.7 Å². The van der Waals surface area contributed by atoms with Crippen molar-refractivity contribution in [2.24, 2.45) is 5.84 Å². The Morgan fingerprint density at radius 2 is 1.11 bits per heavy atom. The van der Waals surface area contributed by atoms with Gasteiger partial charge in [-0.2, -0.15) is 9.32 Å². The molecule has 8 aromatic rings. The smallest absolute Gasteiger partial charge is 0.239 e. The molecule has 0 saturated carbocycles. The highest BCUT2D eigenvalue weighted by Crippen LogP contribution is 2.33. The zero-order valence-corrected chi connectivity index (χ0v) is 39.0. The number of nitrogens with zero attached hydrogens (tertiary/aromatic N) is 8. The van der Waals surface area contributed by atoms with Crippen molar-refractivity contribution in [1.82, 2.24) is 39.1 Å². The molecular weight excluding hydrogens is 963 g/mol. The summed E-state index contributed by atoms with van der Waals surface area (Å²) in [5.74, 6) is 4.96. The molecule has 3 N–H and O–H groups in total. The topological polar surface area (TPSA) is 202 Å². The van der Waals surface area contributed by atoms with Crippen molar-refractivity contribution in [3.8, 4) is 11.4 Å². The highest BCUT2D eigenvalue weighted by Gasteiger charge is 2.28. The first-order valence-electron chi connectivity index (χ1n) is 21.3. The fourth-order valence-corrected chi connectivity index (χ4v) is 10.6. The molecule has 0 spiro atoms. The van der Waals surface area contributed by atoms with Crippen LogP contribution in [0.15, 0.2) is 159 Å². The fourth-order valence-electron chi connectivity index (χ4n) is 7.32. The number of halogens is 2. The molecule has 4 aromatic carbocycles. The van der Waals surface area contributed by atoms with Crippen molar-refractivity contribution >= 4 is 59.7 Å². The SMILES string of the molecule is C.C.COOSc1ncc2cc(S(=O)(=O)c3ccccc3)n(-c3ccc(F)cc3)c2n1.NN1CCCCC1.O=S(=O)(c1ccccc1)c1cc2cnc(NN3CCOCC3)nc2n1-c1ccc(F)cc1. The molecule has 4 aromatic heterocycles. The van der Waals surface area contributed by atoms with Gasteiger partial charge in [0.1, 0.15) is 39.4 Å². The predicted molar refractivity (Wildman–Crippen MR) is 264 cm³/mol. The van der Waals surface area contributed by atoms with Crippen molar-refractivity contribution in [1.29, 1.82) is 0 Å². The second-order valence-electron chi connectivity index (χ2n) is 15.3. The number of ether oxygens (including phenoxy) is 1. The van der Waals surface area contributed by atoms with Crippen LogP contribution in [0.25, 0.3) is 33.4 Å². The van der Waals surface area contributed by atoms with E-state index in [1.807, 2.05) is 10.0 Å². The van der Waals surface area contributed by atoms with Crippen LogP contribution >= 0.6 is 12.0 Å². The van der Waals surface area contributed by atoms with Crippen LogP contribution < -0.4 is 11.3 Å². The van der Waals surface area contributed by atoms with E-state index in [2.05, 4.69) is 30.2 Å². The van der Waals surface area contributed by atoms with Crippen molar-refractivity contribution in [2.45, 2.75) is 59.1 Å². The molecule has 70 heavy (non-hydrogen) atoms. The highest BCUT2D eigenvalue weighted by molar-refractivity contribution is 7.94. The largest absolute Gasteiger partial charge is 0.379 e. The van der Waals surface area contributed by atoms with Gasteiger partial charge in [-0.3, -0.25) is 20.4 Å². The first kappa shape index (κ1) is 53.1. The van der Waals surface area contributed by atoms with Crippen molar-refractivity contribution in [2.75, 3.05) is 51.9 Å². The Kier molecular flexibility index (Phi) is 18.3. The van der Waals surface area contributed by atoms with E-state index in [1.165, 1.54) is 108 Å². The molecule has 17 nitrogen and oxygen atoms in total. The first-order valence-corrected chi connectivity index (χ1v) is 25.0. The number of sulfone groups is 2. The van der Waals surface area contributed by atoms with Crippen LogP contribution in [-0.2, 0) is 33.6 Å². The summed E-state index contributed by atoms with van der Waals surface area (Å²) in [6, 6.07) is 30.4. The standard InChI is InChI=1S/C22H20FN5O3S.C19H14FN3O4S2.C5H12N2.2CH4/c23-17-6-8-18(9-7-17)28-20(32(29,30)19-4-2-1-3-5-19)14-16-15-24-22(25-21(16)28)26-27-10-12-31-13-11-27;1-26-27-28-19-21-12-13-11-17(29(24,25)16-5-3-2-4-6-16)23(18(13)22-19)15-9-7-14(20)8-10-15;6-7-4-2-1-3-5-7;;/h1-9,14-15H,10-13H2,(H,24,25,26);2-12H,1H3;1-6H2;2*1H4. The number of hydrogen-bond acceptors (Lipinski definition) is 16. The van der Waals surface area contributed by atoms with Crippen LogP contribution in [0.5, 0.6) is 0 Å². The quantitative estimate of drug-likeness (QED) is 0.0409. The third kappa shape index (κ3) is 12.4. The summed E-state index contributed by atoms with van der Waals surface area (Å²) in [4.78, 5) is 22.3. The molecule has 22 heteroatoms. The number of hydrazine groups is 2. The van der Waals surface area contributed by atoms with Gasteiger partial charge in [0.15, 0.2) is 5.65 Å². The third-order valence-electron chi connectivity index (χ3n) is 10.7. The van der Waals surface area contributed by atoms with Crippen LogP contribution in [0.3, 0.4) is 0 Å². The molecule has 370 valence electrons. The lowest BCUT2D eigenvalue weighted by atomic mass is 10.2. The van der Waals surface area contributed by atoms with Crippen molar-refractivity contribution in [3.63, 3.8) is 0 Å². The molecule has 0 radical (unpaired) electrons. The molecule has 6 heterocycles. The zero-order chi connectivity index (χ0) is 47.7. The van der Waals surface area contributed by atoms with E-state index in [-0.39, 0.29) is 39.9 Å². The Hall–Kier alpha value is -6.21. The average Bonchev–Trinajstić information content (AvgIpc) is 3.95. The number of fused-ring (bicyclic) bond motifs is 2. The average molecular weight is 1020 g/mol. The lowest BCUT2D eigenvalue weighted by Crippen LogP contribution is -2.40. The van der Waals surface area contributed by atoms with E-state index in [4.69, 9.17) is 14.9 Å². The van der Waals surface area contributed by atoms with E-state index >= 15 is 0 Å². The predicted octanol–water partition coefficient (Wildman–Crippen LogP) is 8.65. The molecule has 0 bridgehead atoms. The number of nitrogens with two attached hydrogens (primary N) is 1. The number of benzene rings is 4. The van der Waals surface area contributed by atoms with Crippen LogP contribution in [0.4, 0.5) is 14.7 Å². The maximum atomic E-state index is 13.6. The Labute approximate surface area is 410 Å². The fraction of sp³-hybridized carbons (Fsp3) is 0.250. The summed E-state index contributed by atoms with van der Waals surface area (Å²) in [6.07, 6.45) is 7.02. The number of hydrogen-bond donors (Lipinski definition) is 2. The van der Waals surface area contributed by atoms with E-state index in [9.17, 15) is 25.6 Å². The lowest BCUT2D eigenvalue weighted by Gasteiger charge is -2.26. The Morgan fingerprint density at radius 3 is 1.57 bits per heavy atom. The van der Waals surface area contributed by atoms with Gasteiger partial charge in [0, 0.05) is 60.7 Å². The van der Waals surface area contributed by atoms with Crippen molar-refractivity contribution in [3.05, 3.63) is 145 Å². The van der Waals surface area contributed by atoms with Crippen molar-refractivity contribution < 1.29 is 39.6 Å². The second kappa shape index (κ2) is 24.1. The summed E-state index contributed by atoms with van der Waals surface area (Å²) in [5, 5.41) is 5.14. The molecule has 2 fully saturated rings. The van der Waals surface area contributed by atoms with Gasteiger partial charge < -0.3 is 4.74 Å². The summed E-state index contributed by atoms with van der Waals surface area (Å²) in [7, 11) is -6.41. The van der Waals surface area contributed by atoms with E-state index in [1.54, 1.807) is 60.8 Å². The molecule has 0 aliphatic carbocycles. The molecule has 10 rings (SSSR count). The number of piperidine rings is 1. The first-order chi connectivity index (χ1) is 32.9. The number of morpholine rings is 1. The number of anilines is 1. The Balaban J connectivity index is 0.000000197. The van der Waals surface area contributed by atoms with E-state index in [0.717, 1.165) is 25.1 Å². The number of nitrogens with one attached hydrogen (secondary N) is 1. The molecule has 0 amide bonds. The van der Waals surface area contributed by atoms with Gasteiger partial charge in [0.05, 0.1) is 30.1 Å². The summed E-state index contributed by atoms with van der Waals surface area (Å²) in [6.45, 7) is 4.74. The van der Waals surface area contributed by atoms with Gasteiger partial charge >= 0.3 is 0 Å². The Morgan fingerprint density at radius 1 is 0.643 bits per heavy atom. The number of rotatable bonds is 11. The molecule has 0 unspecified atom stereocenters. The van der Waals surface area contributed by atoms with E-state index < -0.39 is 31.3 Å². The molecular formula is C48H54F2N10O7S3. The zero-order valence-electron chi connectivity index (χ0n) is 36.6. The number of aromatic nitrogens is 6. The minimum absolute atomic E-state index is 0. The molecule has 2 aliphatic rings. The molecule has 2 saturated heterocycles. The van der Waals surface area contributed by atoms with Gasteiger partial charge in [0.25, 0.3) is 0 Å². The van der Waals surface area contributed by atoms with Gasteiger partial charge in [-0.15, -0.1) is 0 Å². The molecule has 0 atom stereocenters. The maximum Gasteiger partial charge on any atom is 0.239 e. The third-order valence-corrected chi connectivity index (χ3v) is 14.7. The minimum atomic E-state index is -3.88. The van der Waals surface area contributed by atoms with E-state index in [0.29, 0.717) is 65.7 Å². The van der Waals surface area contributed by atoms with Crippen LogP contribution in [0.2, 0.25) is 0 Å².